The summed E-state index contributed by atoms with van der Waals surface area (Å²) in [4.78, 5) is 0. The smallest absolute Gasteiger partial charge is 0.122 e. The first-order valence-corrected chi connectivity index (χ1v) is 8.07. The molecule has 2 saturated carbocycles. The lowest BCUT2D eigenvalue weighted by atomic mass is 9.85. The minimum Gasteiger partial charge on any atom is -0.496 e. The monoisotopic (exact) mass is 273 g/mol. The number of ether oxygens (including phenoxy) is 1. The van der Waals surface area contributed by atoms with Crippen molar-refractivity contribution in [3.8, 4) is 5.75 Å². The zero-order valence-electron chi connectivity index (χ0n) is 13.0. The Balaban J connectivity index is 1.82. The van der Waals surface area contributed by atoms with Gasteiger partial charge >= 0.3 is 0 Å². The molecule has 2 aliphatic rings. The summed E-state index contributed by atoms with van der Waals surface area (Å²) < 4.78 is 5.69. The molecule has 2 unspecified atom stereocenters. The van der Waals surface area contributed by atoms with Crippen molar-refractivity contribution < 1.29 is 4.74 Å². The predicted octanol–water partition coefficient (Wildman–Crippen LogP) is 3.95. The molecule has 1 N–H and O–H groups in total. The maximum absolute atomic E-state index is 5.69. The number of rotatable bonds is 5. The van der Waals surface area contributed by atoms with Gasteiger partial charge in [0.25, 0.3) is 0 Å². The van der Waals surface area contributed by atoms with E-state index < -0.39 is 0 Å². The molecule has 0 saturated heterocycles. The van der Waals surface area contributed by atoms with Gasteiger partial charge in [0.2, 0.25) is 0 Å². The third kappa shape index (κ3) is 2.85. The van der Waals surface area contributed by atoms with Crippen LogP contribution in [-0.4, -0.2) is 19.7 Å². The van der Waals surface area contributed by atoms with Crippen LogP contribution in [0, 0.1) is 19.8 Å². The van der Waals surface area contributed by atoms with E-state index in [1.165, 1.54) is 55.3 Å². The summed E-state index contributed by atoms with van der Waals surface area (Å²) in [7, 11) is 1.81. The second kappa shape index (κ2) is 5.77. The topological polar surface area (TPSA) is 21.3 Å². The van der Waals surface area contributed by atoms with Gasteiger partial charge in [0, 0.05) is 11.6 Å². The highest BCUT2D eigenvalue weighted by molar-refractivity contribution is 5.46. The third-order valence-electron chi connectivity index (χ3n) is 4.99. The molecular formula is C18H27NO. The molecule has 2 aliphatic carbocycles. The maximum atomic E-state index is 5.69. The van der Waals surface area contributed by atoms with Crippen molar-refractivity contribution in [1.82, 2.24) is 5.32 Å². The zero-order chi connectivity index (χ0) is 14.1. The Labute approximate surface area is 122 Å². The molecule has 0 radical (unpaired) electrons. The zero-order valence-corrected chi connectivity index (χ0v) is 13.0. The van der Waals surface area contributed by atoms with Crippen molar-refractivity contribution in [2.24, 2.45) is 5.92 Å². The maximum Gasteiger partial charge on any atom is 0.122 e. The molecule has 2 nitrogen and oxygen atoms in total. The van der Waals surface area contributed by atoms with Crippen LogP contribution < -0.4 is 10.1 Å². The largest absolute Gasteiger partial charge is 0.496 e. The fraction of sp³-hybridized carbons (Fsp3) is 0.667. The third-order valence-corrected chi connectivity index (χ3v) is 4.99. The summed E-state index contributed by atoms with van der Waals surface area (Å²) in [5.41, 5.74) is 4.18. The van der Waals surface area contributed by atoms with Crippen LogP contribution in [-0.2, 0) is 0 Å². The van der Waals surface area contributed by atoms with E-state index in [2.05, 4.69) is 31.3 Å². The Morgan fingerprint density at radius 2 is 1.95 bits per heavy atom. The van der Waals surface area contributed by atoms with Crippen LogP contribution in [0.5, 0.6) is 5.75 Å². The second-order valence-corrected chi connectivity index (χ2v) is 6.68. The first-order chi connectivity index (χ1) is 9.69. The highest BCUT2D eigenvalue weighted by Crippen LogP contribution is 2.44. The van der Waals surface area contributed by atoms with Crippen molar-refractivity contribution >= 4 is 0 Å². The standard InChI is InChI=1S/C18H27NO/c1-12-9-13(2)18(17(10-12)20-3)16-6-4-5-14(16)11-19-15-7-8-15/h9-10,14-16,19H,4-8,11H2,1-3H3. The van der Waals surface area contributed by atoms with Crippen LogP contribution in [0.1, 0.15) is 54.7 Å². The molecule has 0 bridgehead atoms. The first kappa shape index (κ1) is 13.9. The van der Waals surface area contributed by atoms with E-state index >= 15 is 0 Å². The van der Waals surface area contributed by atoms with E-state index in [0.717, 1.165) is 17.7 Å². The Bertz CT molecular complexity index is 479. The van der Waals surface area contributed by atoms with Crippen LogP contribution in [0.3, 0.4) is 0 Å². The first-order valence-electron chi connectivity index (χ1n) is 8.07. The lowest BCUT2D eigenvalue weighted by Crippen LogP contribution is -2.26. The molecule has 110 valence electrons. The van der Waals surface area contributed by atoms with Gasteiger partial charge in [-0.05, 0) is 75.1 Å². The van der Waals surface area contributed by atoms with Crippen molar-refractivity contribution in [2.75, 3.05) is 13.7 Å². The molecule has 2 heteroatoms. The molecule has 2 atom stereocenters. The lowest BCUT2D eigenvalue weighted by Gasteiger charge is -2.24. The van der Waals surface area contributed by atoms with Gasteiger partial charge in [-0.2, -0.15) is 0 Å². The summed E-state index contributed by atoms with van der Waals surface area (Å²) in [5, 5.41) is 3.73. The molecule has 0 aromatic heterocycles. The van der Waals surface area contributed by atoms with Crippen LogP contribution in [0.15, 0.2) is 12.1 Å². The average molecular weight is 273 g/mol. The molecule has 1 aromatic rings. The molecule has 0 amide bonds. The highest BCUT2D eigenvalue weighted by atomic mass is 16.5. The second-order valence-electron chi connectivity index (χ2n) is 6.68. The molecule has 0 spiro atoms. The Morgan fingerprint density at radius 1 is 1.15 bits per heavy atom. The fourth-order valence-corrected chi connectivity index (χ4v) is 3.85. The van der Waals surface area contributed by atoms with Gasteiger partial charge in [0.1, 0.15) is 5.75 Å². The SMILES string of the molecule is COc1cc(C)cc(C)c1C1CCCC1CNC1CC1. The molecule has 1 aromatic carbocycles. The van der Waals surface area contributed by atoms with Crippen LogP contribution >= 0.6 is 0 Å². The van der Waals surface area contributed by atoms with Crippen molar-refractivity contribution in [3.05, 3.63) is 28.8 Å². The molecule has 20 heavy (non-hydrogen) atoms. The minimum absolute atomic E-state index is 0.678. The molecule has 3 rings (SSSR count). The number of hydrogen-bond donors (Lipinski definition) is 1. The number of benzene rings is 1. The summed E-state index contributed by atoms with van der Waals surface area (Å²) >= 11 is 0. The van der Waals surface area contributed by atoms with E-state index in [0.29, 0.717) is 5.92 Å². The van der Waals surface area contributed by atoms with Gasteiger partial charge in [-0.1, -0.05) is 12.5 Å². The molecule has 2 fully saturated rings. The fourth-order valence-electron chi connectivity index (χ4n) is 3.85. The Kier molecular flexibility index (Phi) is 4.02. The van der Waals surface area contributed by atoms with Gasteiger partial charge in [-0.3, -0.25) is 0 Å². The molecular weight excluding hydrogens is 246 g/mol. The van der Waals surface area contributed by atoms with Gasteiger partial charge in [-0.15, -0.1) is 0 Å². The molecule has 0 heterocycles. The van der Waals surface area contributed by atoms with Gasteiger partial charge in [0.05, 0.1) is 7.11 Å². The van der Waals surface area contributed by atoms with Crippen molar-refractivity contribution in [2.45, 2.75) is 57.9 Å². The summed E-state index contributed by atoms with van der Waals surface area (Å²) in [6.07, 6.45) is 6.80. The van der Waals surface area contributed by atoms with E-state index in [1.54, 1.807) is 0 Å². The van der Waals surface area contributed by atoms with Crippen LogP contribution in [0.4, 0.5) is 0 Å². The Morgan fingerprint density at radius 3 is 2.65 bits per heavy atom. The normalized spacial score (nSPS) is 25.9. The van der Waals surface area contributed by atoms with Crippen LogP contribution in [0.25, 0.3) is 0 Å². The van der Waals surface area contributed by atoms with E-state index in [-0.39, 0.29) is 0 Å². The average Bonchev–Trinajstić information content (AvgIpc) is 3.14. The number of aryl methyl sites for hydroxylation is 2. The summed E-state index contributed by atoms with van der Waals surface area (Å²) in [5.74, 6) is 2.56. The van der Waals surface area contributed by atoms with Gasteiger partial charge in [0.15, 0.2) is 0 Å². The van der Waals surface area contributed by atoms with Gasteiger partial charge < -0.3 is 10.1 Å². The summed E-state index contributed by atoms with van der Waals surface area (Å²) in [6, 6.07) is 5.32. The van der Waals surface area contributed by atoms with Crippen molar-refractivity contribution in [3.63, 3.8) is 0 Å². The number of hydrogen-bond acceptors (Lipinski definition) is 2. The number of methoxy groups -OCH3 is 1. The van der Waals surface area contributed by atoms with Gasteiger partial charge in [-0.25, -0.2) is 0 Å². The highest BCUT2D eigenvalue weighted by Gasteiger charge is 2.33. The minimum atomic E-state index is 0.678. The quantitative estimate of drug-likeness (QED) is 0.877. The van der Waals surface area contributed by atoms with Crippen LogP contribution in [0.2, 0.25) is 0 Å². The van der Waals surface area contributed by atoms with E-state index in [9.17, 15) is 0 Å². The predicted molar refractivity (Wildman–Crippen MR) is 83.6 cm³/mol. The molecule has 0 aliphatic heterocycles. The van der Waals surface area contributed by atoms with E-state index in [4.69, 9.17) is 4.74 Å². The van der Waals surface area contributed by atoms with Crippen molar-refractivity contribution in [1.29, 1.82) is 0 Å². The number of nitrogens with one attached hydrogen (secondary N) is 1. The van der Waals surface area contributed by atoms with E-state index in [1.807, 2.05) is 7.11 Å². The lowest BCUT2D eigenvalue weighted by molar-refractivity contribution is 0.387. The summed E-state index contributed by atoms with van der Waals surface area (Å²) in [6.45, 7) is 5.58. The Hall–Kier alpha value is -1.02.